The third kappa shape index (κ3) is 2.92. The average Bonchev–Trinajstić information content (AvgIpc) is 3.09. The van der Waals surface area contributed by atoms with Crippen LogP contribution >= 0.6 is 22.7 Å². The fraction of sp³-hybridized carbons (Fsp3) is 0.0714. The number of thiophene rings is 1. The normalized spacial score (nSPS) is 11.1. The molecule has 0 fully saturated rings. The van der Waals surface area contributed by atoms with E-state index in [2.05, 4.69) is 38.9 Å². The van der Waals surface area contributed by atoms with Crippen LogP contribution < -0.4 is 5.43 Å². The lowest BCUT2D eigenvalue weighted by Crippen LogP contribution is -1.91. The predicted molar refractivity (Wildman–Crippen MR) is 85.6 cm³/mol. The van der Waals surface area contributed by atoms with Crippen LogP contribution in [0.5, 0.6) is 0 Å². The molecule has 0 saturated heterocycles. The largest absolute Gasteiger partial charge is 0.255 e. The van der Waals surface area contributed by atoms with E-state index in [0.29, 0.717) is 0 Å². The van der Waals surface area contributed by atoms with Gasteiger partial charge in [0.2, 0.25) is 5.13 Å². The second kappa shape index (κ2) is 5.94. The molecule has 0 unspecified atom stereocenters. The first-order valence-corrected chi connectivity index (χ1v) is 7.74. The number of hydrogen-bond donors (Lipinski definition) is 1. The molecule has 0 spiro atoms. The van der Waals surface area contributed by atoms with Crippen molar-refractivity contribution in [3.05, 3.63) is 52.5 Å². The van der Waals surface area contributed by atoms with Crippen molar-refractivity contribution < 1.29 is 0 Å². The molecule has 100 valence electrons. The molecule has 0 aliphatic rings. The minimum Gasteiger partial charge on any atom is -0.255 e. The summed E-state index contributed by atoms with van der Waals surface area (Å²) in [6.45, 7) is 2.07. The van der Waals surface area contributed by atoms with E-state index in [1.165, 1.54) is 9.75 Å². The highest BCUT2D eigenvalue weighted by atomic mass is 32.1. The lowest BCUT2D eigenvalue weighted by Gasteiger charge is -1.93. The Hall–Kier alpha value is -2.05. The lowest BCUT2D eigenvalue weighted by atomic mass is 10.3. The second-order valence-electron chi connectivity index (χ2n) is 4.03. The Labute approximate surface area is 124 Å². The molecule has 3 aromatic rings. The van der Waals surface area contributed by atoms with Crippen molar-refractivity contribution in [2.24, 2.45) is 5.10 Å². The summed E-state index contributed by atoms with van der Waals surface area (Å²) in [5.74, 6) is 0. The molecular formula is C14H12N4S2. The van der Waals surface area contributed by atoms with Gasteiger partial charge in [0.15, 0.2) is 0 Å². The maximum absolute atomic E-state index is 4.57. The van der Waals surface area contributed by atoms with Crippen LogP contribution in [0.4, 0.5) is 5.13 Å². The fourth-order valence-electron chi connectivity index (χ4n) is 1.69. The molecule has 0 atom stereocenters. The van der Waals surface area contributed by atoms with E-state index >= 15 is 0 Å². The monoisotopic (exact) mass is 300 g/mol. The Morgan fingerprint density at radius 2 is 2.20 bits per heavy atom. The topological polar surface area (TPSA) is 50.2 Å². The zero-order valence-corrected chi connectivity index (χ0v) is 12.4. The van der Waals surface area contributed by atoms with Crippen molar-refractivity contribution in [2.75, 3.05) is 5.43 Å². The van der Waals surface area contributed by atoms with E-state index < -0.39 is 0 Å². The average molecular weight is 300 g/mol. The molecule has 0 radical (unpaired) electrons. The van der Waals surface area contributed by atoms with Gasteiger partial charge in [-0.05, 0) is 30.5 Å². The minimum atomic E-state index is 0.790. The van der Waals surface area contributed by atoms with Gasteiger partial charge < -0.3 is 0 Å². The van der Waals surface area contributed by atoms with Gasteiger partial charge in [0, 0.05) is 11.1 Å². The SMILES string of the molecule is Cc1sc(N/N=C\c2ccccn2)nc1-c1cccs1. The van der Waals surface area contributed by atoms with Crippen LogP contribution in [0.25, 0.3) is 10.6 Å². The number of hydrazone groups is 1. The summed E-state index contributed by atoms with van der Waals surface area (Å²) in [5, 5.41) is 7.01. The van der Waals surface area contributed by atoms with Gasteiger partial charge in [-0.3, -0.25) is 10.4 Å². The van der Waals surface area contributed by atoms with Crippen LogP contribution in [-0.4, -0.2) is 16.2 Å². The third-order valence-electron chi connectivity index (χ3n) is 2.60. The van der Waals surface area contributed by atoms with Crippen LogP contribution in [0.2, 0.25) is 0 Å². The number of nitrogens with one attached hydrogen (secondary N) is 1. The molecule has 20 heavy (non-hydrogen) atoms. The first-order valence-electron chi connectivity index (χ1n) is 6.04. The number of aryl methyl sites for hydroxylation is 1. The number of hydrogen-bond acceptors (Lipinski definition) is 6. The Morgan fingerprint density at radius 1 is 1.25 bits per heavy atom. The maximum Gasteiger partial charge on any atom is 0.204 e. The van der Waals surface area contributed by atoms with Gasteiger partial charge in [-0.15, -0.1) is 22.7 Å². The molecule has 6 heteroatoms. The summed E-state index contributed by atoms with van der Waals surface area (Å²) in [4.78, 5) is 11.1. The zero-order chi connectivity index (χ0) is 13.8. The van der Waals surface area contributed by atoms with Gasteiger partial charge in [-0.2, -0.15) is 5.10 Å². The van der Waals surface area contributed by atoms with Gasteiger partial charge >= 0.3 is 0 Å². The molecule has 4 nitrogen and oxygen atoms in total. The molecule has 3 aromatic heterocycles. The van der Waals surface area contributed by atoms with E-state index in [1.807, 2.05) is 24.3 Å². The number of rotatable bonds is 4. The highest BCUT2D eigenvalue weighted by Crippen LogP contribution is 2.32. The number of aromatic nitrogens is 2. The minimum absolute atomic E-state index is 0.790. The smallest absolute Gasteiger partial charge is 0.204 e. The van der Waals surface area contributed by atoms with Gasteiger partial charge in [0.05, 0.1) is 22.5 Å². The second-order valence-corrected chi connectivity index (χ2v) is 6.18. The summed E-state index contributed by atoms with van der Waals surface area (Å²) in [6, 6.07) is 9.81. The first-order chi connectivity index (χ1) is 9.83. The third-order valence-corrected chi connectivity index (χ3v) is 4.35. The molecule has 1 N–H and O–H groups in total. The van der Waals surface area contributed by atoms with Gasteiger partial charge in [0.1, 0.15) is 0 Å². The van der Waals surface area contributed by atoms with E-state index in [-0.39, 0.29) is 0 Å². The number of pyridine rings is 1. The van der Waals surface area contributed by atoms with E-state index in [0.717, 1.165) is 16.5 Å². The number of nitrogens with zero attached hydrogens (tertiary/aromatic N) is 3. The van der Waals surface area contributed by atoms with Crippen LogP contribution in [0, 0.1) is 6.92 Å². The first kappa shape index (κ1) is 13.0. The molecule has 0 aliphatic heterocycles. The highest BCUT2D eigenvalue weighted by Gasteiger charge is 2.09. The highest BCUT2D eigenvalue weighted by molar-refractivity contribution is 7.17. The molecule has 0 amide bonds. The van der Waals surface area contributed by atoms with Gasteiger partial charge in [-0.25, -0.2) is 4.98 Å². The number of thiazole rings is 1. The molecule has 3 heterocycles. The summed E-state index contributed by atoms with van der Waals surface area (Å²) in [7, 11) is 0. The van der Waals surface area contributed by atoms with E-state index in [4.69, 9.17) is 0 Å². The standard InChI is InChI=1S/C14H12N4S2/c1-10-13(12-6-4-8-19-12)17-14(20-10)18-16-9-11-5-2-3-7-15-11/h2-9H,1H3,(H,17,18)/b16-9-. The summed E-state index contributed by atoms with van der Waals surface area (Å²) >= 11 is 3.29. The van der Waals surface area contributed by atoms with Crippen molar-refractivity contribution in [3.8, 4) is 10.6 Å². The molecule has 0 saturated carbocycles. The van der Waals surface area contributed by atoms with Crippen LogP contribution in [0.1, 0.15) is 10.6 Å². The quantitative estimate of drug-likeness (QED) is 0.585. The predicted octanol–water partition coefficient (Wildman–Crippen LogP) is 4.02. The summed E-state index contributed by atoms with van der Waals surface area (Å²) in [6.07, 6.45) is 3.42. The van der Waals surface area contributed by atoms with Crippen molar-refractivity contribution in [2.45, 2.75) is 6.92 Å². The molecule has 0 aromatic carbocycles. The molecule has 0 aliphatic carbocycles. The van der Waals surface area contributed by atoms with E-state index in [9.17, 15) is 0 Å². The lowest BCUT2D eigenvalue weighted by molar-refractivity contribution is 1.26. The van der Waals surface area contributed by atoms with Crippen molar-refractivity contribution in [1.82, 2.24) is 9.97 Å². The van der Waals surface area contributed by atoms with Crippen molar-refractivity contribution in [3.63, 3.8) is 0 Å². The Bertz CT molecular complexity index is 702. The Kier molecular flexibility index (Phi) is 3.85. The summed E-state index contributed by atoms with van der Waals surface area (Å²) in [5.41, 5.74) is 4.80. The maximum atomic E-state index is 4.57. The molecular weight excluding hydrogens is 288 g/mol. The number of anilines is 1. The Balaban J connectivity index is 1.73. The van der Waals surface area contributed by atoms with Crippen molar-refractivity contribution in [1.29, 1.82) is 0 Å². The van der Waals surface area contributed by atoms with Gasteiger partial charge in [-0.1, -0.05) is 12.1 Å². The molecule has 3 rings (SSSR count). The van der Waals surface area contributed by atoms with Crippen LogP contribution in [-0.2, 0) is 0 Å². The van der Waals surface area contributed by atoms with E-state index in [1.54, 1.807) is 35.1 Å². The molecule has 0 bridgehead atoms. The van der Waals surface area contributed by atoms with Crippen molar-refractivity contribution >= 4 is 34.0 Å². The zero-order valence-electron chi connectivity index (χ0n) is 10.8. The van der Waals surface area contributed by atoms with Gasteiger partial charge in [0.25, 0.3) is 0 Å². The Morgan fingerprint density at radius 3 is 2.95 bits per heavy atom. The summed E-state index contributed by atoms with van der Waals surface area (Å²) < 4.78 is 0. The fourth-order valence-corrected chi connectivity index (χ4v) is 3.31. The van der Waals surface area contributed by atoms with Crippen LogP contribution in [0.15, 0.2) is 47.0 Å². The van der Waals surface area contributed by atoms with Crippen LogP contribution in [0.3, 0.4) is 0 Å².